The van der Waals surface area contributed by atoms with E-state index >= 15 is 0 Å². The van der Waals surface area contributed by atoms with Gasteiger partial charge in [-0.15, -0.1) is 0 Å². The number of ether oxygens (including phenoxy) is 1. The van der Waals surface area contributed by atoms with Gasteiger partial charge >= 0.3 is 5.97 Å². The van der Waals surface area contributed by atoms with E-state index in [0.717, 1.165) is 12.3 Å². The molecule has 0 bridgehead atoms. The summed E-state index contributed by atoms with van der Waals surface area (Å²) in [5, 5.41) is 0. The summed E-state index contributed by atoms with van der Waals surface area (Å²) in [5.74, 6) is 1.76. The SMILES string of the molecule is C=C(C)C(=O)OCCC(C)C(C)C(C)CCCCCCC. The van der Waals surface area contributed by atoms with Crippen LogP contribution >= 0.6 is 0 Å². The lowest BCUT2D eigenvalue weighted by molar-refractivity contribution is -0.139. The minimum atomic E-state index is -0.265. The van der Waals surface area contributed by atoms with Gasteiger partial charge in [-0.25, -0.2) is 4.79 Å². The van der Waals surface area contributed by atoms with Gasteiger partial charge < -0.3 is 4.74 Å². The average molecular weight is 296 g/mol. The summed E-state index contributed by atoms with van der Waals surface area (Å²) in [6.07, 6.45) is 9.05. The molecular weight excluding hydrogens is 260 g/mol. The van der Waals surface area contributed by atoms with Gasteiger partial charge in [0.05, 0.1) is 6.61 Å². The maximum atomic E-state index is 11.3. The summed E-state index contributed by atoms with van der Waals surface area (Å²) in [4.78, 5) is 11.3. The molecule has 0 saturated heterocycles. The lowest BCUT2D eigenvalue weighted by Gasteiger charge is -2.26. The third-order valence-corrected chi connectivity index (χ3v) is 4.71. The van der Waals surface area contributed by atoms with Gasteiger partial charge in [0.2, 0.25) is 0 Å². The maximum absolute atomic E-state index is 11.3. The molecule has 124 valence electrons. The van der Waals surface area contributed by atoms with E-state index < -0.39 is 0 Å². The molecule has 21 heavy (non-hydrogen) atoms. The van der Waals surface area contributed by atoms with E-state index in [9.17, 15) is 4.79 Å². The van der Waals surface area contributed by atoms with E-state index in [0.29, 0.717) is 24.0 Å². The molecule has 0 radical (unpaired) electrons. The Labute approximate surface area is 132 Å². The lowest BCUT2D eigenvalue weighted by atomic mass is 9.81. The van der Waals surface area contributed by atoms with Gasteiger partial charge in [-0.2, -0.15) is 0 Å². The molecule has 3 unspecified atom stereocenters. The molecule has 0 aromatic rings. The number of hydrogen-bond acceptors (Lipinski definition) is 2. The van der Waals surface area contributed by atoms with Crippen LogP contribution in [0.25, 0.3) is 0 Å². The van der Waals surface area contributed by atoms with E-state index in [1.165, 1.54) is 38.5 Å². The quantitative estimate of drug-likeness (QED) is 0.260. The van der Waals surface area contributed by atoms with Crippen LogP contribution < -0.4 is 0 Å². The lowest BCUT2D eigenvalue weighted by Crippen LogP contribution is -2.19. The van der Waals surface area contributed by atoms with Crippen LogP contribution in [0.15, 0.2) is 12.2 Å². The Balaban J connectivity index is 3.83. The minimum Gasteiger partial charge on any atom is -0.462 e. The summed E-state index contributed by atoms with van der Waals surface area (Å²) in [7, 11) is 0. The van der Waals surface area contributed by atoms with Gasteiger partial charge in [0.25, 0.3) is 0 Å². The van der Waals surface area contributed by atoms with E-state index in [-0.39, 0.29) is 5.97 Å². The molecule has 3 atom stereocenters. The molecule has 0 aromatic carbocycles. The Morgan fingerprint density at radius 2 is 1.57 bits per heavy atom. The minimum absolute atomic E-state index is 0.265. The molecule has 0 heterocycles. The van der Waals surface area contributed by atoms with Crippen molar-refractivity contribution in [1.29, 1.82) is 0 Å². The first-order valence-corrected chi connectivity index (χ1v) is 8.72. The highest BCUT2D eigenvalue weighted by Crippen LogP contribution is 2.27. The van der Waals surface area contributed by atoms with Crippen molar-refractivity contribution in [3.63, 3.8) is 0 Å². The van der Waals surface area contributed by atoms with Crippen molar-refractivity contribution >= 4 is 5.97 Å². The largest absolute Gasteiger partial charge is 0.462 e. The second-order valence-electron chi connectivity index (χ2n) is 6.72. The highest BCUT2D eigenvalue weighted by molar-refractivity contribution is 5.86. The number of esters is 1. The van der Waals surface area contributed by atoms with E-state index in [2.05, 4.69) is 34.3 Å². The van der Waals surface area contributed by atoms with Gasteiger partial charge in [0.15, 0.2) is 0 Å². The van der Waals surface area contributed by atoms with Crippen LogP contribution in [0.5, 0.6) is 0 Å². The molecule has 0 aromatic heterocycles. The summed E-state index contributed by atoms with van der Waals surface area (Å²) >= 11 is 0. The van der Waals surface area contributed by atoms with E-state index in [4.69, 9.17) is 4.74 Å². The van der Waals surface area contributed by atoms with E-state index in [1.54, 1.807) is 6.92 Å². The number of carbonyl (C=O) groups excluding carboxylic acids is 1. The topological polar surface area (TPSA) is 26.3 Å². The molecule has 0 aliphatic rings. The first-order valence-electron chi connectivity index (χ1n) is 8.72. The first-order chi connectivity index (χ1) is 9.90. The number of hydrogen-bond donors (Lipinski definition) is 0. The zero-order valence-electron chi connectivity index (χ0n) is 14.9. The molecule has 2 heteroatoms. The summed E-state index contributed by atoms with van der Waals surface area (Å²) in [6.45, 7) is 15.0. The Morgan fingerprint density at radius 3 is 2.14 bits per heavy atom. The summed E-state index contributed by atoms with van der Waals surface area (Å²) in [6, 6.07) is 0. The standard InChI is InChI=1S/C19H36O2/c1-7-8-9-10-11-12-16(4)18(6)17(5)13-14-21-19(20)15(2)3/h16-18H,2,7-14H2,1,3-6H3. The van der Waals surface area contributed by atoms with Gasteiger partial charge in [-0.1, -0.05) is 72.8 Å². The van der Waals surface area contributed by atoms with Crippen LogP contribution in [0.1, 0.15) is 79.6 Å². The average Bonchev–Trinajstić information content (AvgIpc) is 2.45. The molecule has 0 saturated carbocycles. The highest BCUT2D eigenvalue weighted by atomic mass is 16.5. The fourth-order valence-electron chi connectivity index (χ4n) is 2.62. The van der Waals surface area contributed by atoms with Crippen molar-refractivity contribution in [2.45, 2.75) is 79.6 Å². The van der Waals surface area contributed by atoms with Gasteiger partial charge in [-0.05, 0) is 31.1 Å². The molecule has 0 aliphatic heterocycles. The van der Waals surface area contributed by atoms with Crippen molar-refractivity contribution in [2.75, 3.05) is 6.61 Å². The van der Waals surface area contributed by atoms with Crippen LogP contribution in [-0.4, -0.2) is 12.6 Å². The Kier molecular flexibility index (Phi) is 11.4. The Hall–Kier alpha value is -0.790. The number of unbranched alkanes of at least 4 members (excludes halogenated alkanes) is 4. The van der Waals surface area contributed by atoms with Gasteiger partial charge in [0, 0.05) is 5.57 Å². The number of rotatable bonds is 12. The summed E-state index contributed by atoms with van der Waals surface area (Å²) in [5.41, 5.74) is 0.483. The zero-order chi connectivity index (χ0) is 16.3. The third-order valence-electron chi connectivity index (χ3n) is 4.71. The highest BCUT2D eigenvalue weighted by Gasteiger charge is 2.19. The Bertz CT molecular complexity index is 296. The predicted octanol–water partition coefficient (Wildman–Crippen LogP) is 5.76. The van der Waals surface area contributed by atoms with Crippen LogP contribution in [-0.2, 0) is 9.53 Å². The van der Waals surface area contributed by atoms with Crippen molar-refractivity contribution in [2.24, 2.45) is 17.8 Å². The molecule has 0 aliphatic carbocycles. The number of carbonyl (C=O) groups is 1. The van der Waals surface area contributed by atoms with Crippen LogP contribution in [0.3, 0.4) is 0 Å². The third kappa shape index (κ3) is 9.71. The smallest absolute Gasteiger partial charge is 0.333 e. The van der Waals surface area contributed by atoms with Crippen molar-refractivity contribution in [1.82, 2.24) is 0 Å². The molecule has 0 rings (SSSR count). The van der Waals surface area contributed by atoms with Crippen molar-refractivity contribution < 1.29 is 9.53 Å². The maximum Gasteiger partial charge on any atom is 0.333 e. The van der Waals surface area contributed by atoms with E-state index in [1.807, 2.05) is 0 Å². The fraction of sp³-hybridized carbons (Fsp3) is 0.842. The fourth-order valence-corrected chi connectivity index (χ4v) is 2.62. The normalized spacial score (nSPS) is 15.3. The predicted molar refractivity (Wildman–Crippen MR) is 91.3 cm³/mol. The molecule has 0 fully saturated rings. The van der Waals surface area contributed by atoms with Crippen molar-refractivity contribution in [3.8, 4) is 0 Å². The molecule has 0 spiro atoms. The van der Waals surface area contributed by atoms with Crippen LogP contribution in [0.4, 0.5) is 0 Å². The second-order valence-corrected chi connectivity index (χ2v) is 6.72. The molecule has 2 nitrogen and oxygen atoms in total. The summed E-state index contributed by atoms with van der Waals surface area (Å²) < 4.78 is 5.19. The Morgan fingerprint density at radius 1 is 1.00 bits per heavy atom. The molecular formula is C19H36O2. The zero-order valence-corrected chi connectivity index (χ0v) is 14.9. The van der Waals surface area contributed by atoms with Crippen LogP contribution in [0, 0.1) is 17.8 Å². The monoisotopic (exact) mass is 296 g/mol. The molecule has 0 N–H and O–H groups in total. The van der Waals surface area contributed by atoms with Gasteiger partial charge in [-0.3, -0.25) is 0 Å². The first kappa shape index (κ1) is 20.2. The van der Waals surface area contributed by atoms with Gasteiger partial charge in [0.1, 0.15) is 0 Å². The van der Waals surface area contributed by atoms with Crippen molar-refractivity contribution in [3.05, 3.63) is 12.2 Å². The second kappa shape index (κ2) is 11.8. The van der Waals surface area contributed by atoms with Crippen LogP contribution in [0.2, 0.25) is 0 Å². The molecule has 0 amide bonds.